The normalized spacial score (nSPS) is 10.8. The Morgan fingerprint density at radius 1 is 1.23 bits per heavy atom. The minimum absolute atomic E-state index is 0.145. The second-order valence-corrected chi connectivity index (χ2v) is 10.6. The summed E-state index contributed by atoms with van der Waals surface area (Å²) in [4.78, 5) is 17.0. The zero-order chi connectivity index (χ0) is 24.8. The summed E-state index contributed by atoms with van der Waals surface area (Å²) in [6.07, 6.45) is 1.73. The van der Waals surface area contributed by atoms with Gasteiger partial charge in [0.05, 0.1) is 16.5 Å². The number of amides is 1. The fourth-order valence-electron chi connectivity index (χ4n) is 2.95. The van der Waals surface area contributed by atoms with Gasteiger partial charge in [-0.15, -0.1) is 28.1 Å². The second-order valence-electron chi connectivity index (χ2n) is 7.04. The Labute approximate surface area is 228 Å². The lowest BCUT2D eigenvalue weighted by Crippen LogP contribution is -2.15. The zero-order valence-corrected chi connectivity index (χ0v) is 22.8. The number of carbonyl (C=O) groups is 1. The van der Waals surface area contributed by atoms with Crippen molar-refractivity contribution in [2.75, 3.05) is 11.1 Å². The van der Waals surface area contributed by atoms with E-state index in [1.807, 2.05) is 34.2 Å². The Bertz CT molecular complexity index is 1340. The second kappa shape index (κ2) is 12.0. The van der Waals surface area contributed by atoms with Gasteiger partial charge in [0.15, 0.2) is 16.1 Å². The SMILES string of the molecule is C=CCn1c(COc2ccc(Cl)cc2Cl)nnc1SCC(=O)Nc1nc(-c2ccc(Br)cc2)cs1. The van der Waals surface area contributed by atoms with Crippen molar-refractivity contribution in [3.05, 3.63) is 80.8 Å². The number of benzene rings is 2. The Morgan fingerprint density at radius 2 is 2.03 bits per heavy atom. The third-order valence-electron chi connectivity index (χ3n) is 4.58. The number of halogens is 3. The van der Waals surface area contributed by atoms with Crippen LogP contribution in [0.4, 0.5) is 5.13 Å². The molecule has 4 aromatic rings. The van der Waals surface area contributed by atoms with Crippen LogP contribution < -0.4 is 10.1 Å². The van der Waals surface area contributed by atoms with Gasteiger partial charge in [0.1, 0.15) is 12.4 Å². The molecule has 0 aliphatic heterocycles. The molecular weight excluding hydrogens is 593 g/mol. The van der Waals surface area contributed by atoms with Gasteiger partial charge in [-0.25, -0.2) is 4.98 Å². The number of rotatable bonds is 10. The largest absolute Gasteiger partial charge is 0.484 e. The first kappa shape index (κ1) is 25.7. The monoisotopic (exact) mass is 609 g/mol. The van der Waals surface area contributed by atoms with E-state index >= 15 is 0 Å². The summed E-state index contributed by atoms with van der Waals surface area (Å²) in [5.74, 6) is 1.03. The number of carbonyl (C=O) groups excluding carboxylic acids is 1. The molecule has 0 saturated heterocycles. The fraction of sp³-hybridized carbons (Fsp3) is 0.130. The van der Waals surface area contributed by atoms with Gasteiger partial charge in [0, 0.05) is 27.0 Å². The lowest BCUT2D eigenvalue weighted by molar-refractivity contribution is -0.113. The van der Waals surface area contributed by atoms with E-state index in [1.54, 1.807) is 24.3 Å². The quantitative estimate of drug-likeness (QED) is 0.154. The van der Waals surface area contributed by atoms with Crippen LogP contribution in [0.3, 0.4) is 0 Å². The van der Waals surface area contributed by atoms with E-state index < -0.39 is 0 Å². The highest BCUT2D eigenvalue weighted by Crippen LogP contribution is 2.29. The number of anilines is 1. The van der Waals surface area contributed by atoms with Crippen LogP contribution >= 0.6 is 62.2 Å². The molecule has 2 heterocycles. The number of nitrogens with one attached hydrogen (secondary N) is 1. The molecule has 4 rings (SSSR count). The molecule has 0 fully saturated rings. The molecule has 7 nitrogen and oxygen atoms in total. The Kier molecular flexibility index (Phi) is 8.85. The Balaban J connectivity index is 1.35. The minimum Gasteiger partial charge on any atom is -0.484 e. The van der Waals surface area contributed by atoms with Gasteiger partial charge in [0.2, 0.25) is 5.91 Å². The molecule has 0 spiro atoms. The maximum Gasteiger partial charge on any atom is 0.236 e. The highest BCUT2D eigenvalue weighted by Gasteiger charge is 2.16. The molecule has 0 bridgehead atoms. The molecule has 2 aromatic heterocycles. The van der Waals surface area contributed by atoms with Gasteiger partial charge in [-0.3, -0.25) is 9.36 Å². The van der Waals surface area contributed by atoms with Crippen LogP contribution in [-0.4, -0.2) is 31.4 Å². The van der Waals surface area contributed by atoms with Crippen LogP contribution in [0.1, 0.15) is 5.82 Å². The molecule has 0 saturated carbocycles. The van der Waals surface area contributed by atoms with Gasteiger partial charge >= 0.3 is 0 Å². The topological polar surface area (TPSA) is 81.9 Å². The zero-order valence-electron chi connectivity index (χ0n) is 18.1. The van der Waals surface area contributed by atoms with Crippen molar-refractivity contribution in [1.29, 1.82) is 0 Å². The smallest absolute Gasteiger partial charge is 0.236 e. The van der Waals surface area contributed by atoms with Crippen molar-refractivity contribution >= 4 is 73.3 Å². The van der Waals surface area contributed by atoms with Gasteiger partial charge < -0.3 is 10.1 Å². The number of ether oxygens (including phenoxy) is 1. The van der Waals surface area contributed by atoms with E-state index in [4.69, 9.17) is 27.9 Å². The minimum atomic E-state index is -0.189. The van der Waals surface area contributed by atoms with Crippen molar-refractivity contribution in [3.63, 3.8) is 0 Å². The van der Waals surface area contributed by atoms with Crippen molar-refractivity contribution < 1.29 is 9.53 Å². The van der Waals surface area contributed by atoms with Crippen LogP contribution in [-0.2, 0) is 17.9 Å². The molecule has 0 atom stereocenters. The lowest BCUT2D eigenvalue weighted by atomic mass is 10.2. The van der Waals surface area contributed by atoms with E-state index in [0.29, 0.717) is 38.5 Å². The molecular formula is C23H18BrCl2N5O2S2. The third kappa shape index (κ3) is 6.86. The summed E-state index contributed by atoms with van der Waals surface area (Å²) in [7, 11) is 0. The maximum atomic E-state index is 12.5. The predicted molar refractivity (Wildman–Crippen MR) is 146 cm³/mol. The van der Waals surface area contributed by atoms with E-state index in [2.05, 4.69) is 43.0 Å². The summed E-state index contributed by atoms with van der Waals surface area (Å²) in [5.41, 5.74) is 1.79. The van der Waals surface area contributed by atoms with E-state index in [9.17, 15) is 4.79 Å². The molecule has 1 amide bonds. The first-order valence-electron chi connectivity index (χ1n) is 10.2. The highest BCUT2D eigenvalue weighted by molar-refractivity contribution is 9.10. The standard InChI is InChI=1S/C23H18BrCl2N5O2S2/c1-2-9-31-20(11-33-19-8-7-16(25)10-17(19)26)29-30-23(31)35-13-21(32)28-22-27-18(12-34-22)14-3-5-15(24)6-4-14/h2-8,10,12H,1,9,11,13H2,(H,27,28,32). The average molecular weight is 611 g/mol. The summed E-state index contributed by atoms with van der Waals surface area (Å²) in [6.45, 7) is 4.40. The Hall–Kier alpha value is -2.37. The fourth-order valence-corrected chi connectivity index (χ4v) is 5.18. The van der Waals surface area contributed by atoms with Crippen molar-refractivity contribution in [1.82, 2.24) is 19.7 Å². The van der Waals surface area contributed by atoms with Gasteiger partial charge in [0.25, 0.3) is 0 Å². The molecule has 1 N–H and O–H groups in total. The maximum absolute atomic E-state index is 12.5. The van der Waals surface area contributed by atoms with Crippen LogP contribution in [0.5, 0.6) is 5.75 Å². The molecule has 0 radical (unpaired) electrons. The van der Waals surface area contributed by atoms with Crippen molar-refractivity contribution in [2.45, 2.75) is 18.3 Å². The number of hydrogen-bond donors (Lipinski definition) is 1. The van der Waals surface area contributed by atoms with Crippen molar-refractivity contribution in [2.24, 2.45) is 0 Å². The first-order valence-corrected chi connectivity index (χ1v) is 13.6. The third-order valence-corrected chi connectivity index (χ3v) is 7.36. The van der Waals surface area contributed by atoms with Gasteiger partial charge in [-0.1, -0.05) is 69.1 Å². The summed E-state index contributed by atoms with van der Waals surface area (Å²) < 4.78 is 8.61. The molecule has 0 aliphatic rings. The molecule has 35 heavy (non-hydrogen) atoms. The number of hydrogen-bond acceptors (Lipinski definition) is 7. The van der Waals surface area contributed by atoms with Gasteiger partial charge in [-0.05, 0) is 30.3 Å². The molecule has 0 unspecified atom stereocenters. The van der Waals surface area contributed by atoms with E-state index in [-0.39, 0.29) is 18.3 Å². The number of thioether (sulfide) groups is 1. The number of thiazole rings is 1. The average Bonchev–Trinajstić information content (AvgIpc) is 3.45. The predicted octanol–water partition coefficient (Wildman–Crippen LogP) is 6.97. The number of nitrogens with zero attached hydrogens (tertiary/aromatic N) is 4. The summed E-state index contributed by atoms with van der Waals surface area (Å²) in [6, 6.07) is 12.8. The molecule has 12 heteroatoms. The van der Waals surface area contributed by atoms with E-state index in [1.165, 1.54) is 23.1 Å². The molecule has 0 aliphatic carbocycles. The van der Waals surface area contributed by atoms with E-state index in [0.717, 1.165) is 15.7 Å². The van der Waals surface area contributed by atoms with Crippen LogP contribution in [0.25, 0.3) is 11.3 Å². The lowest BCUT2D eigenvalue weighted by Gasteiger charge is -2.10. The number of aromatic nitrogens is 4. The van der Waals surface area contributed by atoms with Crippen LogP contribution in [0.15, 0.2) is 70.1 Å². The van der Waals surface area contributed by atoms with Crippen molar-refractivity contribution in [3.8, 4) is 17.0 Å². The summed E-state index contributed by atoms with van der Waals surface area (Å²) >= 11 is 18.2. The number of allylic oxidation sites excluding steroid dienone is 1. The molecule has 2 aromatic carbocycles. The van der Waals surface area contributed by atoms with Crippen LogP contribution in [0.2, 0.25) is 10.0 Å². The summed E-state index contributed by atoms with van der Waals surface area (Å²) in [5, 5.41) is 15.2. The highest BCUT2D eigenvalue weighted by atomic mass is 79.9. The first-order chi connectivity index (χ1) is 16.9. The molecule has 180 valence electrons. The van der Waals surface area contributed by atoms with Crippen LogP contribution in [0, 0.1) is 0 Å². The van der Waals surface area contributed by atoms with Gasteiger partial charge in [-0.2, -0.15) is 0 Å². The Morgan fingerprint density at radius 3 is 2.77 bits per heavy atom.